The lowest BCUT2D eigenvalue weighted by Gasteiger charge is -2.25. The Morgan fingerprint density at radius 1 is 1.16 bits per heavy atom. The van der Waals surface area contributed by atoms with Gasteiger partial charge in [-0.3, -0.25) is 4.79 Å². The van der Waals surface area contributed by atoms with E-state index in [-0.39, 0.29) is 22.2 Å². The number of sulfonamides is 1. The van der Waals surface area contributed by atoms with Crippen molar-refractivity contribution in [1.29, 1.82) is 0 Å². The minimum Gasteiger partial charge on any atom is -0.331 e. The first kappa shape index (κ1) is 22.7. The second-order valence-electron chi connectivity index (χ2n) is 7.88. The number of fused-ring (bicyclic) bond motifs is 1. The summed E-state index contributed by atoms with van der Waals surface area (Å²) in [7, 11) is -1.71. The molecule has 4 rings (SSSR count). The van der Waals surface area contributed by atoms with E-state index in [1.54, 1.807) is 18.2 Å². The zero-order valence-electron chi connectivity index (χ0n) is 17.6. The number of nitrogens with one attached hydrogen (secondary N) is 1. The smallest absolute Gasteiger partial charge is 0.243 e. The number of nitrogens with zero attached hydrogens (tertiary/aromatic N) is 3. The highest BCUT2D eigenvalue weighted by atomic mass is 35.5. The first-order valence-corrected chi connectivity index (χ1v) is 12.3. The van der Waals surface area contributed by atoms with E-state index in [2.05, 4.69) is 10.3 Å². The lowest BCUT2D eigenvalue weighted by Crippen LogP contribution is -2.35. The molecule has 3 aromatic rings. The fourth-order valence-corrected chi connectivity index (χ4v) is 5.61. The molecule has 1 N–H and O–H groups in total. The van der Waals surface area contributed by atoms with Gasteiger partial charge in [0.05, 0.1) is 21.0 Å². The van der Waals surface area contributed by atoms with E-state index in [4.69, 9.17) is 11.6 Å². The van der Waals surface area contributed by atoms with Crippen molar-refractivity contribution in [1.82, 2.24) is 13.9 Å². The van der Waals surface area contributed by atoms with Crippen molar-refractivity contribution in [2.75, 3.05) is 18.4 Å². The molecular formula is C22H24ClFN4O3S. The third-order valence-corrected chi connectivity index (χ3v) is 7.86. The first-order valence-electron chi connectivity index (χ1n) is 10.5. The molecule has 0 bridgehead atoms. The molecule has 10 heteroatoms. The number of hydrogen-bond acceptors (Lipinski definition) is 4. The Morgan fingerprint density at radius 3 is 2.62 bits per heavy atom. The Morgan fingerprint density at radius 2 is 1.91 bits per heavy atom. The summed E-state index contributed by atoms with van der Waals surface area (Å²) in [6.45, 7) is 1.09. The van der Waals surface area contributed by atoms with Crippen molar-refractivity contribution in [2.24, 2.45) is 7.05 Å². The van der Waals surface area contributed by atoms with Gasteiger partial charge in [-0.05, 0) is 49.2 Å². The standard InChI is InChI=1S/C22H24ClFN4O3S/c1-27-20-8-6-16(32(30,31)28-11-3-2-4-12-28)14-19(20)26-21(27)9-10-22(29)25-15-5-7-18(24)17(23)13-15/h5-8,13-14H,2-4,9-12H2,1H3,(H,25,29). The van der Waals surface area contributed by atoms with Gasteiger partial charge < -0.3 is 9.88 Å². The number of halogens is 2. The van der Waals surface area contributed by atoms with Crippen LogP contribution >= 0.6 is 11.6 Å². The first-order chi connectivity index (χ1) is 15.3. The van der Waals surface area contributed by atoms with Crippen molar-refractivity contribution in [3.8, 4) is 0 Å². The number of aryl methyl sites for hydroxylation is 2. The number of aromatic nitrogens is 2. The summed E-state index contributed by atoms with van der Waals surface area (Å²) in [6.07, 6.45) is 3.32. The summed E-state index contributed by atoms with van der Waals surface area (Å²) in [5, 5.41) is 2.63. The quantitative estimate of drug-likeness (QED) is 0.577. The van der Waals surface area contributed by atoms with Crippen molar-refractivity contribution in [3.63, 3.8) is 0 Å². The van der Waals surface area contributed by atoms with E-state index in [9.17, 15) is 17.6 Å². The minimum atomic E-state index is -3.54. The largest absolute Gasteiger partial charge is 0.331 e. The number of piperidine rings is 1. The van der Waals surface area contributed by atoms with Gasteiger partial charge in [0.1, 0.15) is 11.6 Å². The highest BCUT2D eigenvalue weighted by Gasteiger charge is 2.26. The molecule has 0 unspecified atom stereocenters. The summed E-state index contributed by atoms with van der Waals surface area (Å²) < 4.78 is 42.6. The number of hydrogen-bond donors (Lipinski definition) is 1. The molecule has 170 valence electrons. The van der Waals surface area contributed by atoms with Crippen molar-refractivity contribution in [2.45, 2.75) is 37.0 Å². The van der Waals surface area contributed by atoms with Gasteiger partial charge in [0.15, 0.2) is 0 Å². The molecule has 0 atom stereocenters. The molecule has 1 amide bonds. The van der Waals surface area contributed by atoms with Crippen molar-refractivity contribution in [3.05, 3.63) is 53.1 Å². The Hall–Kier alpha value is -2.49. The molecule has 7 nitrogen and oxygen atoms in total. The maximum Gasteiger partial charge on any atom is 0.243 e. The molecule has 1 aliphatic heterocycles. The lowest BCUT2D eigenvalue weighted by molar-refractivity contribution is -0.116. The van der Waals surface area contributed by atoms with Crippen LogP contribution in [0.1, 0.15) is 31.5 Å². The second-order valence-corrected chi connectivity index (χ2v) is 10.2. The normalized spacial score (nSPS) is 15.2. The Kier molecular flexibility index (Phi) is 6.50. The van der Waals surface area contributed by atoms with Crippen LogP contribution in [0.5, 0.6) is 0 Å². The monoisotopic (exact) mass is 478 g/mol. The summed E-state index contributed by atoms with van der Waals surface area (Å²) in [5.41, 5.74) is 1.79. The van der Waals surface area contributed by atoms with Gasteiger partial charge in [-0.1, -0.05) is 18.0 Å². The van der Waals surface area contributed by atoms with Crippen LogP contribution in [-0.4, -0.2) is 41.3 Å². The van der Waals surface area contributed by atoms with E-state index in [1.165, 1.54) is 22.5 Å². The number of amides is 1. The third kappa shape index (κ3) is 4.65. The maximum atomic E-state index is 13.3. The van der Waals surface area contributed by atoms with Gasteiger partial charge in [0, 0.05) is 38.7 Å². The fourth-order valence-electron chi connectivity index (χ4n) is 3.89. The molecule has 1 aromatic heterocycles. The minimum absolute atomic E-state index is 0.0616. The average molecular weight is 479 g/mol. The molecule has 0 spiro atoms. The molecule has 1 fully saturated rings. The van der Waals surface area contributed by atoms with Crippen LogP contribution < -0.4 is 5.32 Å². The van der Waals surface area contributed by atoms with Crippen LogP contribution in [0.2, 0.25) is 5.02 Å². The van der Waals surface area contributed by atoms with Crippen LogP contribution in [-0.2, 0) is 28.3 Å². The van der Waals surface area contributed by atoms with Gasteiger partial charge in [0.25, 0.3) is 0 Å². The Labute approximate surface area is 191 Å². The number of imidazole rings is 1. The fraction of sp³-hybridized carbons (Fsp3) is 0.364. The van der Waals surface area contributed by atoms with Gasteiger partial charge in [0.2, 0.25) is 15.9 Å². The van der Waals surface area contributed by atoms with E-state index in [0.717, 1.165) is 24.8 Å². The lowest BCUT2D eigenvalue weighted by atomic mass is 10.2. The zero-order chi connectivity index (χ0) is 22.9. The summed E-state index contributed by atoms with van der Waals surface area (Å²) >= 11 is 5.75. The number of rotatable bonds is 6. The molecule has 2 heterocycles. The van der Waals surface area contributed by atoms with Gasteiger partial charge in [-0.15, -0.1) is 0 Å². The van der Waals surface area contributed by atoms with Gasteiger partial charge >= 0.3 is 0 Å². The number of carbonyl (C=O) groups is 1. The summed E-state index contributed by atoms with van der Waals surface area (Å²) in [4.78, 5) is 17.1. The number of carbonyl (C=O) groups excluding carboxylic acids is 1. The zero-order valence-corrected chi connectivity index (χ0v) is 19.2. The van der Waals surface area contributed by atoms with Crippen molar-refractivity contribution >= 4 is 44.3 Å². The molecule has 1 saturated heterocycles. The summed E-state index contributed by atoms with van der Waals surface area (Å²) in [5.74, 6) is -0.140. The van der Waals surface area contributed by atoms with E-state index in [1.807, 2.05) is 11.6 Å². The maximum absolute atomic E-state index is 13.3. The predicted molar refractivity (Wildman–Crippen MR) is 122 cm³/mol. The van der Waals surface area contributed by atoms with Crippen LogP contribution in [0.3, 0.4) is 0 Å². The molecule has 1 aliphatic rings. The number of anilines is 1. The van der Waals surface area contributed by atoms with Crippen LogP contribution in [0.4, 0.5) is 10.1 Å². The molecule has 32 heavy (non-hydrogen) atoms. The van der Waals surface area contributed by atoms with Gasteiger partial charge in [-0.25, -0.2) is 17.8 Å². The highest BCUT2D eigenvalue weighted by molar-refractivity contribution is 7.89. The topological polar surface area (TPSA) is 84.3 Å². The van der Waals surface area contributed by atoms with Gasteiger partial charge in [-0.2, -0.15) is 4.31 Å². The SMILES string of the molecule is Cn1c(CCC(=O)Nc2ccc(F)c(Cl)c2)nc2cc(S(=O)(=O)N3CCCCC3)ccc21. The van der Waals surface area contributed by atoms with Crippen molar-refractivity contribution < 1.29 is 17.6 Å². The molecule has 0 aliphatic carbocycles. The Bertz CT molecular complexity index is 1270. The summed E-state index contributed by atoms with van der Waals surface area (Å²) in [6, 6.07) is 8.96. The predicted octanol–water partition coefficient (Wildman–Crippen LogP) is 4.11. The molecule has 2 aromatic carbocycles. The average Bonchev–Trinajstić information content (AvgIpc) is 3.10. The highest BCUT2D eigenvalue weighted by Crippen LogP contribution is 2.25. The Balaban J connectivity index is 1.48. The van der Waals surface area contributed by atoms with E-state index < -0.39 is 15.8 Å². The van der Waals surface area contributed by atoms with Crippen LogP contribution in [0.15, 0.2) is 41.3 Å². The number of benzene rings is 2. The van der Waals surface area contributed by atoms with Crippen LogP contribution in [0.25, 0.3) is 11.0 Å². The second kappa shape index (κ2) is 9.17. The molecular weight excluding hydrogens is 455 g/mol. The van der Waals surface area contributed by atoms with E-state index >= 15 is 0 Å². The molecule has 0 radical (unpaired) electrons. The third-order valence-electron chi connectivity index (χ3n) is 5.68. The molecule has 0 saturated carbocycles. The van der Waals surface area contributed by atoms with E-state index in [0.29, 0.717) is 36.5 Å². The van der Waals surface area contributed by atoms with Crippen LogP contribution in [0, 0.1) is 5.82 Å².